The van der Waals surface area contributed by atoms with Crippen LogP contribution >= 0.6 is 27.3 Å². The number of halogens is 1. The third-order valence-electron chi connectivity index (χ3n) is 2.58. The summed E-state index contributed by atoms with van der Waals surface area (Å²) in [5.74, 6) is 1.18. The third kappa shape index (κ3) is 1.86. The molecule has 0 radical (unpaired) electrons. The van der Waals surface area contributed by atoms with Crippen LogP contribution in [0.2, 0.25) is 0 Å². The van der Waals surface area contributed by atoms with E-state index in [2.05, 4.69) is 15.9 Å². The number of hydrogen-bond donors (Lipinski definition) is 0. The highest BCUT2D eigenvalue weighted by Gasteiger charge is 2.33. The SMILES string of the molecule is CC(C(=O)c1sccc1Br)C1CC1. The minimum Gasteiger partial charge on any atom is -0.293 e. The monoisotopic (exact) mass is 258 g/mol. The Morgan fingerprint density at radius 1 is 1.69 bits per heavy atom. The molecule has 1 nitrogen and oxygen atoms in total. The number of thiophene rings is 1. The highest BCUT2D eigenvalue weighted by Crippen LogP contribution is 2.39. The van der Waals surface area contributed by atoms with Gasteiger partial charge >= 0.3 is 0 Å². The number of carbonyl (C=O) groups is 1. The van der Waals surface area contributed by atoms with Crippen LogP contribution in [0.25, 0.3) is 0 Å². The second-order valence-corrected chi connectivity index (χ2v) is 5.36. The van der Waals surface area contributed by atoms with Gasteiger partial charge in [0, 0.05) is 10.4 Å². The van der Waals surface area contributed by atoms with Gasteiger partial charge in [0.25, 0.3) is 0 Å². The molecule has 1 aliphatic rings. The summed E-state index contributed by atoms with van der Waals surface area (Å²) in [6, 6.07) is 1.94. The quantitative estimate of drug-likeness (QED) is 0.756. The van der Waals surface area contributed by atoms with Crippen LogP contribution in [0.3, 0.4) is 0 Å². The first-order valence-electron chi connectivity index (χ1n) is 4.47. The zero-order valence-electron chi connectivity index (χ0n) is 7.42. The molecule has 0 saturated heterocycles. The molecule has 1 saturated carbocycles. The average Bonchev–Trinajstić information content (AvgIpc) is 2.87. The van der Waals surface area contributed by atoms with E-state index in [0.717, 1.165) is 9.35 Å². The maximum absolute atomic E-state index is 11.9. The van der Waals surface area contributed by atoms with Crippen LogP contribution in [0.5, 0.6) is 0 Å². The summed E-state index contributed by atoms with van der Waals surface area (Å²) in [4.78, 5) is 12.8. The highest BCUT2D eigenvalue weighted by molar-refractivity contribution is 9.10. The predicted octanol–water partition coefficient (Wildman–Crippen LogP) is 3.74. The summed E-state index contributed by atoms with van der Waals surface area (Å²) in [5.41, 5.74) is 0. The molecule has 13 heavy (non-hydrogen) atoms. The Bertz CT molecular complexity index is 327. The minimum absolute atomic E-state index is 0.218. The number of Topliss-reactive ketones (excluding diaryl/α,β-unsaturated/α-hetero) is 1. The Kier molecular flexibility index (Phi) is 2.56. The summed E-state index contributed by atoms with van der Waals surface area (Å²) in [6.45, 7) is 2.05. The van der Waals surface area contributed by atoms with Crippen molar-refractivity contribution < 1.29 is 4.79 Å². The number of rotatable bonds is 3. The van der Waals surface area contributed by atoms with Gasteiger partial charge in [0.05, 0.1) is 4.88 Å². The topological polar surface area (TPSA) is 17.1 Å². The van der Waals surface area contributed by atoms with E-state index in [0.29, 0.717) is 11.7 Å². The van der Waals surface area contributed by atoms with E-state index in [9.17, 15) is 4.79 Å². The molecule has 1 fully saturated rings. The van der Waals surface area contributed by atoms with Crippen molar-refractivity contribution in [2.75, 3.05) is 0 Å². The van der Waals surface area contributed by atoms with Gasteiger partial charge in [-0.3, -0.25) is 4.79 Å². The number of ketones is 1. The first-order valence-corrected chi connectivity index (χ1v) is 6.14. The molecule has 1 atom stereocenters. The molecule has 1 aromatic heterocycles. The van der Waals surface area contributed by atoms with E-state index in [1.54, 1.807) is 0 Å². The van der Waals surface area contributed by atoms with Gasteiger partial charge in [0.1, 0.15) is 0 Å². The lowest BCUT2D eigenvalue weighted by Gasteiger charge is -2.06. The summed E-state index contributed by atoms with van der Waals surface area (Å²) >= 11 is 4.93. The molecule has 0 N–H and O–H groups in total. The molecule has 2 rings (SSSR count). The van der Waals surface area contributed by atoms with Crippen molar-refractivity contribution >= 4 is 33.0 Å². The van der Waals surface area contributed by atoms with Crippen molar-refractivity contribution in [3.8, 4) is 0 Å². The van der Waals surface area contributed by atoms with Gasteiger partial charge in [-0.25, -0.2) is 0 Å². The zero-order chi connectivity index (χ0) is 9.42. The summed E-state index contributed by atoms with van der Waals surface area (Å²) in [7, 11) is 0. The fraction of sp³-hybridized carbons (Fsp3) is 0.500. The third-order valence-corrected chi connectivity index (χ3v) is 4.44. The molecule has 0 aliphatic heterocycles. The van der Waals surface area contributed by atoms with Crippen molar-refractivity contribution in [2.24, 2.45) is 11.8 Å². The molecule has 0 aromatic carbocycles. The summed E-state index contributed by atoms with van der Waals surface area (Å²) in [5, 5.41) is 1.96. The second-order valence-electron chi connectivity index (χ2n) is 3.59. The van der Waals surface area contributed by atoms with Gasteiger partial charge < -0.3 is 0 Å². The smallest absolute Gasteiger partial charge is 0.176 e. The minimum atomic E-state index is 0.218. The van der Waals surface area contributed by atoms with E-state index in [1.165, 1.54) is 24.2 Å². The zero-order valence-corrected chi connectivity index (χ0v) is 9.82. The molecule has 1 heterocycles. The molecule has 3 heteroatoms. The molecule has 0 bridgehead atoms. The molecule has 1 unspecified atom stereocenters. The maximum Gasteiger partial charge on any atom is 0.176 e. The highest BCUT2D eigenvalue weighted by atomic mass is 79.9. The van der Waals surface area contributed by atoms with Crippen molar-refractivity contribution in [1.82, 2.24) is 0 Å². The van der Waals surface area contributed by atoms with Crippen molar-refractivity contribution in [1.29, 1.82) is 0 Å². The van der Waals surface area contributed by atoms with E-state index >= 15 is 0 Å². The van der Waals surface area contributed by atoms with Crippen LogP contribution in [-0.4, -0.2) is 5.78 Å². The molecular formula is C10H11BrOS. The fourth-order valence-corrected chi connectivity index (χ4v) is 3.09. The van der Waals surface area contributed by atoms with Crippen LogP contribution in [0.1, 0.15) is 29.4 Å². The standard InChI is InChI=1S/C10H11BrOS/c1-6(7-2-3-7)9(12)10-8(11)4-5-13-10/h4-7H,2-3H2,1H3. The Morgan fingerprint density at radius 2 is 2.38 bits per heavy atom. The van der Waals surface area contributed by atoms with E-state index in [1.807, 2.05) is 18.4 Å². The lowest BCUT2D eigenvalue weighted by molar-refractivity contribution is 0.0920. The molecule has 70 valence electrons. The van der Waals surface area contributed by atoms with Gasteiger partial charge in [-0.15, -0.1) is 11.3 Å². The normalized spacial score (nSPS) is 18.6. The number of hydrogen-bond acceptors (Lipinski definition) is 2. The molecule has 1 aliphatic carbocycles. The fourth-order valence-electron chi connectivity index (χ4n) is 1.49. The van der Waals surface area contributed by atoms with Gasteiger partial charge in [-0.2, -0.15) is 0 Å². The molecule has 0 spiro atoms. The molecule has 1 aromatic rings. The van der Waals surface area contributed by atoms with Crippen molar-refractivity contribution in [3.63, 3.8) is 0 Å². The Hall–Kier alpha value is -0.150. The van der Waals surface area contributed by atoms with E-state index < -0.39 is 0 Å². The van der Waals surface area contributed by atoms with Crippen LogP contribution in [-0.2, 0) is 0 Å². The summed E-state index contributed by atoms with van der Waals surface area (Å²) in [6.07, 6.45) is 2.46. The Labute approximate surface area is 90.3 Å². The van der Waals surface area contributed by atoms with Gasteiger partial charge in [-0.05, 0) is 46.1 Å². The van der Waals surface area contributed by atoms with Crippen LogP contribution in [0, 0.1) is 11.8 Å². The summed E-state index contributed by atoms with van der Waals surface area (Å²) < 4.78 is 0.954. The first kappa shape index (κ1) is 9.41. The Morgan fingerprint density at radius 3 is 2.85 bits per heavy atom. The van der Waals surface area contributed by atoms with Crippen LogP contribution < -0.4 is 0 Å². The van der Waals surface area contributed by atoms with Crippen molar-refractivity contribution in [3.05, 3.63) is 20.8 Å². The largest absolute Gasteiger partial charge is 0.293 e. The first-order chi connectivity index (χ1) is 6.20. The van der Waals surface area contributed by atoms with Gasteiger partial charge in [0.15, 0.2) is 5.78 Å². The lowest BCUT2D eigenvalue weighted by Crippen LogP contribution is -2.12. The maximum atomic E-state index is 11.9. The van der Waals surface area contributed by atoms with Crippen molar-refractivity contribution in [2.45, 2.75) is 19.8 Å². The number of carbonyl (C=O) groups excluding carboxylic acids is 1. The second kappa shape index (κ2) is 3.54. The average molecular weight is 259 g/mol. The van der Waals surface area contributed by atoms with Crippen LogP contribution in [0.15, 0.2) is 15.9 Å². The lowest BCUT2D eigenvalue weighted by atomic mass is 10.00. The predicted molar refractivity (Wildman–Crippen MR) is 58.2 cm³/mol. The van der Waals surface area contributed by atoms with E-state index in [4.69, 9.17) is 0 Å². The molecule has 0 amide bonds. The Balaban J connectivity index is 2.16. The van der Waals surface area contributed by atoms with E-state index in [-0.39, 0.29) is 5.92 Å². The van der Waals surface area contributed by atoms with Gasteiger partial charge in [0.2, 0.25) is 0 Å². The van der Waals surface area contributed by atoms with Gasteiger partial charge in [-0.1, -0.05) is 6.92 Å². The van der Waals surface area contributed by atoms with Crippen LogP contribution in [0.4, 0.5) is 0 Å². The molecular weight excluding hydrogens is 248 g/mol.